The SMILES string of the molecule is CCOC(=O)NCC1=C(n2ccccc2=O)c2cc([N+](=O)[O-])ccc2OC1(C)C. The van der Waals surface area contributed by atoms with Gasteiger partial charge in [-0.05, 0) is 32.9 Å². The third-order valence-corrected chi connectivity index (χ3v) is 4.56. The van der Waals surface area contributed by atoms with Crippen molar-refractivity contribution in [3.63, 3.8) is 0 Å². The third-order valence-electron chi connectivity index (χ3n) is 4.56. The number of alkyl carbamates (subject to hydrolysis) is 1. The highest BCUT2D eigenvalue weighted by Crippen LogP contribution is 2.42. The second-order valence-electron chi connectivity index (χ2n) is 6.86. The van der Waals surface area contributed by atoms with E-state index in [-0.39, 0.29) is 24.4 Å². The van der Waals surface area contributed by atoms with Crippen molar-refractivity contribution in [3.8, 4) is 5.75 Å². The fraction of sp³-hybridized carbons (Fsp3) is 0.300. The molecule has 1 aliphatic heterocycles. The number of carbonyl (C=O) groups excluding carboxylic acids is 1. The summed E-state index contributed by atoms with van der Waals surface area (Å²) in [4.78, 5) is 35.2. The highest BCUT2D eigenvalue weighted by molar-refractivity contribution is 5.79. The maximum absolute atomic E-state index is 12.6. The number of nitro benzene ring substituents is 1. The Hall–Kier alpha value is -3.62. The van der Waals surface area contributed by atoms with Crippen LogP contribution in [0.2, 0.25) is 0 Å². The monoisotopic (exact) mass is 399 g/mol. The highest BCUT2D eigenvalue weighted by atomic mass is 16.6. The number of hydrogen-bond acceptors (Lipinski definition) is 6. The average Bonchev–Trinajstić information content (AvgIpc) is 2.66. The van der Waals surface area contributed by atoms with Gasteiger partial charge in [-0.15, -0.1) is 0 Å². The molecular weight excluding hydrogens is 378 g/mol. The standard InChI is InChI=1S/C20H21N3O6/c1-4-28-19(25)21-12-15-18(22-10-6-5-7-17(22)24)14-11-13(23(26)27)8-9-16(14)29-20(15,2)3/h5-11H,4,12H2,1-3H3,(H,21,25). The summed E-state index contributed by atoms with van der Waals surface area (Å²) in [6.45, 7) is 5.53. The number of hydrogen-bond donors (Lipinski definition) is 1. The molecule has 1 aromatic carbocycles. The smallest absolute Gasteiger partial charge is 0.407 e. The van der Waals surface area contributed by atoms with Crippen LogP contribution in [0, 0.1) is 10.1 Å². The van der Waals surface area contributed by atoms with Crippen molar-refractivity contribution < 1.29 is 19.2 Å². The Kier molecular flexibility index (Phi) is 5.40. The van der Waals surface area contributed by atoms with Crippen LogP contribution in [0.25, 0.3) is 5.70 Å². The zero-order chi connectivity index (χ0) is 21.2. The zero-order valence-corrected chi connectivity index (χ0v) is 16.3. The van der Waals surface area contributed by atoms with Crippen LogP contribution in [0.5, 0.6) is 5.75 Å². The van der Waals surface area contributed by atoms with Crippen molar-refractivity contribution in [2.24, 2.45) is 0 Å². The third kappa shape index (κ3) is 3.98. The molecule has 3 rings (SSSR count). The Bertz CT molecular complexity index is 1050. The van der Waals surface area contributed by atoms with Crippen molar-refractivity contribution >= 4 is 17.5 Å². The summed E-state index contributed by atoms with van der Waals surface area (Å²) in [6, 6.07) is 8.91. The number of amides is 1. The molecule has 2 aromatic rings. The first-order valence-electron chi connectivity index (χ1n) is 9.04. The van der Waals surface area contributed by atoms with Crippen LogP contribution in [-0.4, -0.2) is 34.3 Å². The molecule has 0 radical (unpaired) electrons. The van der Waals surface area contributed by atoms with E-state index < -0.39 is 16.6 Å². The first kappa shape index (κ1) is 20.1. The topological polar surface area (TPSA) is 113 Å². The molecule has 0 saturated heterocycles. The molecule has 0 aliphatic carbocycles. The largest absolute Gasteiger partial charge is 0.483 e. The highest BCUT2D eigenvalue weighted by Gasteiger charge is 2.37. The number of nitrogens with zero attached hydrogens (tertiary/aromatic N) is 2. The summed E-state index contributed by atoms with van der Waals surface area (Å²) in [6.07, 6.45) is 0.965. The minimum absolute atomic E-state index is 0.0324. The minimum atomic E-state index is -0.896. The van der Waals surface area contributed by atoms with Crippen molar-refractivity contribution in [1.29, 1.82) is 0 Å². The molecule has 1 aromatic heterocycles. The van der Waals surface area contributed by atoms with Gasteiger partial charge < -0.3 is 14.8 Å². The van der Waals surface area contributed by atoms with Crippen LogP contribution in [0.4, 0.5) is 10.5 Å². The van der Waals surface area contributed by atoms with Crippen LogP contribution in [0.3, 0.4) is 0 Å². The van der Waals surface area contributed by atoms with E-state index in [0.717, 1.165) is 0 Å². The lowest BCUT2D eigenvalue weighted by Gasteiger charge is -2.37. The number of aromatic nitrogens is 1. The number of nitrogens with one attached hydrogen (secondary N) is 1. The van der Waals surface area contributed by atoms with E-state index >= 15 is 0 Å². The van der Waals surface area contributed by atoms with Crippen LogP contribution < -0.4 is 15.6 Å². The number of pyridine rings is 1. The van der Waals surface area contributed by atoms with Crippen molar-refractivity contribution in [2.75, 3.05) is 13.2 Å². The number of carbonyl (C=O) groups is 1. The maximum atomic E-state index is 12.6. The summed E-state index contributed by atoms with van der Waals surface area (Å²) in [7, 11) is 0. The van der Waals surface area contributed by atoms with E-state index in [4.69, 9.17) is 9.47 Å². The molecule has 0 fully saturated rings. The van der Waals surface area contributed by atoms with Crippen molar-refractivity contribution in [3.05, 3.63) is 74.2 Å². The number of fused-ring (bicyclic) bond motifs is 1. The molecule has 152 valence electrons. The van der Waals surface area contributed by atoms with Gasteiger partial charge in [0, 0.05) is 42.1 Å². The maximum Gasteiger partial charge on any atom is 0.407 e. The lowest BCUT2D eigenvalue weighted by molar-refractivity contribution is -0.384. The van der Waals surface area contributed by atoms with Gasteiger partial charge in [0.1, 0.15) is 11.4 Å². The fourth-order valence-electron chi connectivity index (χ4n) is 3.22. The number of nitro groups is 1. The van der Waals surface area contributed by atoms with Gasteiger partial charge in [0.05, 0.1) is 17.2 Å². The molecule has 2 heterocycles. The Morgan fingerprint density at radius 2 is 2.07 bits per heavy atom. The molecule has 1 amide bonds. The number of benzene rings is 1. The van der Waals surface area contributed by atoms with E-state index in [1.165, 1.54) is 28.8 Å². The molecule has 0 atom stereocenters. The normalized spacial score (nSPS) is 14.6. The lowest BCUT2D eigenvalue weighted by atomic mass is 9.89. The summed E-state index contributed by atoms with van der Waals surface area (Å²) in [5.74, 6) is 0.409. The molecule has 0 bridgehead atoms. The van der Waals surface area contributed by atoms with E-state index in [0.29, 0.717) is 22.6 Å². The summed E-state index contributed by atoms with van der Waals surface area (Å²) in [5.41, 5.74) is 0.0620. The molecule has 9 nitrogen and oxygen atoms in total. The van der Waals surface area contributed by atoms with E-state index in [1.54, 1.807) is 39.1 Å². The Morgan fingerprint density at radius 3 is 2.72 bits per heavy atom. The zero-order valence-electron chi connectivity index (χ0n) is 16.3. The molecule has 29 heavy (non-hydrogen) atoms. The minimum Gasteiger partial charge on any atom is -0.483 e. The fourth-order valence-corrected chi connectivity index (χ4v) is 3.22. The van der Waals surface area contributed by atoms with Gasteiger partial charge in [-0.1, -0.05) is 6.07 Å². The van der Waals surface area contributed by atoms with Crippen molar-refractivity contribution in [2.45, 2.75) is 26.4 Å². The van der Waals surface area contributed by atoms with Gasteiger partial charge in [-0.3, -0.25) is 19.5 Å². The molecular formula is C20H21N3O6. The van der Waals surface area contributed by atoms with Crippen LogP contribution in [0.15, 0.2) is 53.0 Å². The molecule has 9 heteroatoms. The van der Waals surface area contributed by atoms with Gasteiger partial charge in [0.2, 0.25) is 0 Å². The number of ether oxygens (including phenoxy) is 2. The lowest BCUT2D eigenvalue weighted by Crippen LogP contribution is -2.42. The molecule has 0 unspecified atom stereocenters. The quantitative estimate of drug-likeness (QED) is 0.611. The van der Waals surface area contributed by atoms with Crippen molar-refractivity contribution in [1.82, 2.24) is 9.88 Å². The Morgan fingerprint density at radius 1 is 1.31 bits per heavy atom. The molecule has 0 spiro atoms. The number of rotatable bonds is 5. The predicted octanol–water partition coefficient (Wildman–Crippen LogP) is 2.93. The molecule has 1 aliphatic rings. The van der Waals surface area contributed by atoms with E-state index in [2.05, 4.69) is 5.32 Å². The second kappa shape index (κ2) is 7.78. The Balaban J connectivity index is 2.25. The summed E-state index contributed by atoms with van der Waals surface area (Å²) < 4.78 is 12.4. The van der Waals surface area contributed by atoms with Gasteiger partial charge in [-0.25, -0.2) is 4.79 Å². The number of non-ortho nitro benzene ring substituents is 1. The first-order chi connectivity index (χ1) is 13.7. The summed E-state index contributed by atoms with van der Waals surface area (Å²) in [5, 5.41) is 13.9. The van der Waals surface area contributed by atoms with E-state index in [1.807, 2.05) is 0 Å². The van der Waals surface area contributed by atoms with Crippen LogP contribution in [-0.2, 0) is 4.74 Å². The van der Waals surface area contributed by atoms with Gasteiger partial charge in [0.15, 0.2) is 0 Å². The van der Waals surface area contributed by atoms with Gasteiger partial charge in [0.25, 0.3) is 11.2 Å². The average molecular weight is 399 g/mol. The summed E-state index contributed by atoms with van der Waals surface area (Å²) >= 11 is 0. The first-order valence-corrected chi connectivity index (χ1v) is 9.04. The Labute approximate surface area is 166 Å². The predicted molar refractivity (Wildman–Crippen MR) is 106 cm³/mol. The van der Waals surface area contributed by atoms with Gasteiger partial charge in [-0.2, -0.15) is 0 Å². The molecule has 1 N–H and O–H groups in total. The van der Waals surface area contributed by atoms with Crippen LogP contribution >= 0.6 is 0 Å². The molecule has 0 saturated carbocycles. The second-order valence-corrected chi connectivity index (χ2v) is 6.86. The van der Waals surface area contributed by atoms with Crippen LogP contribution in [0.1, 0.15) is 26.3 Å². The van der Waals surface area contributed by atoms with E-state index in [9.17, 15) is 19.7 Å². The van der Waals surface area contributed by atoms with Gasteiger partial charge >= 0.3 is 6.09 Å².